The van der Waals surface area contributed by atoms with Crippen molar-refractivity contribution in [1.82, 2.24) is 0 Å². The average Bonchev–Trinajstić information content (AvgIpc) is 2.22. The van der Waals surface area contributed by atoms with Gasteiger partial charge in [0.2, 0.25) is 0 Å². The maximum absolute atomic E-state index is 9.52. The fraction of sp³-hybridized carbons (Fsp3) is 0.500. The fourth-order valence-electron chi connectivity index (χ4n) is 1.93. The molecule has 1 aromatic rings. The zero-order valence-electron chi connectivity index (χ0n) is 8.53. The van der Waals surface area contributed by atoms with Gasteiger partial charge in [-0.15, -0.1) is 0 Å². The van der Waals surface area contributed by atoms with Crippen molar-refractivity contribution < 1.29 is 9.84 Å². The van der Waals surface area contributed by atoms with E-state index >= 15 is 0 Å². The number of aliphatic hydroxyl groups excluding tert-OH is 1. The van der Waals surface area contributed by atoms with Crippen molar-refractivity contribution in [2.24, 2.45) is 0 Å². The Balaban J connectivity index is 1.93. The third-order valence-corrected chi connectivity index (χ3v) is 3.43. The molecule has 2 rings (SSSR count). The van der Waals surface area contributed by atoms with Gasteiger partial charge in [-0.3, -0.25) is 0 Å². The zero-order chi connectivity index (χ0) is 10.7. The second kappa shape index (κ2) is 5.16. The SMILES string of the molecule is OC1CCC[C@H](Oc2ccc(I)cc2)C1. The van der Waals surface area contributed by atoms with Gasteiger partial charge in [-0.2, -0.15) is 0 Å². The molecule has 1 saturated carbocycles. The van der Waals surface area contributed by atoms with Crippen LogP contribution in [0.1, 0.15) is 25.7 Å². The van der Waals surface area contributed by atoms with Crippen LogP contribution in [0.2, 0.25) is 0 Å². The Morgan fingerprint density at radius 1 is 1.20 bits per heavy atom. The number of halogens is 1. The highest BCUT2D eigenvalue weighted by Gasteiger charge is 2.21. The number of hydrogen-bond donors (Lipinski definition) is 1. The molecule has 2 nitrogen and oxygen atoms in total. The van der Waals surface area contributed by atoms with Gasteiger partial charge in [0.1, 0.15) is 11.9 Å². The van der Waals surface area contributed by atoms with E-state index in [1.165, 1.54) is 3.57 Å². The summed E-state index contributed by atoms with van der Waals surface area (Å²) >= 11 is 2.27. The molecule has 2 atom stereocenters. The number of rotatable bonds is 2. The maximum Gasteiger partial charge on any atom is 0.119 e. The number of ether oxygens (including phenoxy) is 1. The standard InChI is InChI=1S/C12H15IO2/c13-9-4-6-11(7-5-9)15-12-3-1-2-10(14)8-12/h4-7,10,12,14H,1-3,8H2/t10?,12-/m0/s1. The summed E-state index contributed by atoms with van der Waals surface area (Å²) in [6.45, 7) is 0. The van der Waals surface area contributed by atoms with Gasteiger partial charge >= 0.3 is 0 Å². The molecule has 1 aliphatic carbocycles. The second-order valence-corrected chi connectivity index (χ2v) is 5.26. The van der Waals surface area contributed by atoms with Crippen molar-refractivity contribution in [2.75, 3.05) is 0 Å². The Morgan fingerprint density at radius 2 is 1.93 bits per heavy atom. The monoisotopic (exact) mass is 318 g/mol. The lowest BCUT2D eigenvalue weighted by Crippen LogP contribution is -2.28. The predicted octanol–water partition coefficient (Wildman–Crippen LogP) is 2.97. The van der Waals surface area contributed by atoms with Crippen LogP contribution >= 0.6 is 22.6 Å². The molecule has 82 valence electrons. The number of aliphatic hydroxyl groups is 1. The van der Waals surface area contributed by atoms with Gasteiger partial charge in [0.05, 0.1) is 6.10 Å². The van der Waals surface area contributed by atoms with Crippen LogP contribution in [0.5, 0.6) is 5.75 Å². The van der Waals surface area contributed by atoms with Crippen molar-refractivity contribution in [3.8, 4) is 5.75 Å². The topological polar surface area (TPSA) is 29.5 Å². The van der Waals surface area contributed by atoms with E-state index in [0.29, 0.717) is 0 Å². The Kier molecular flexibility index (Phi) is 3.86. The van der Waals surface area contributed by atoms with E-state index in [1.807, 2.05) is 24.3 Å². The molecule has 1 unspecified atom stereocenters. The van der Waals surface area contributed by atoms with Crippen LogP contribution in [-0.2, 0) is 0 Å². The summed E-state index contributed by atoms with van der Waals surface area (Å²) in [6.07, 6.45) is 3.83. The van der Waals surface area contributed by atoms with Gasteiger partial charge in [-0.1, -0.05) is 0 Å². The third kappa shape index (κ3) is 3.34. The van der Waals surface area contributed by atoms with Crippen LogP contribution in [0.15, 0.2) is 24.3 Å². The van der Waals surface area contributed by atoms with E-state index in [0.717, 1.165) is 31.4 Å². The third-order valence-electron chi connectivity index (χ3n) is 2.71. The first-order chi connectivity index (χ1) is 7.24. The quantitative estimate of drug-likeness (QED) is 0.850. The summed E-state index contributed by atoms with van der Waals surface area (Å²) < 4.78 is 7.03. The van der Waals surface area contributed by atoms with E-state index in [-0.39, 0.29) is 12.2 Å². The first-order valence-electron chi connectivity index (χ1n) is 5.34. The normalized spacial score (nSPS) is 26.3. The molecule has 0 spiro atoms. The number of hydrogen-bond acceptors (Lipinski definition) is 2. The first-order valence-corrected chi connectivity index (χ1v) is 6.42. The van der Waals surface area contributed by atoms with Crippen molar-refractivity contribution in [1.29, 1.82) is 0 Å². The summed E-state index contributed by atoms with van der Waals surface area (Å²) in [4.78, 5) is 0. The van der Waals surface area contributed by atoms with Crippen LogP contribution in [0, 0.1) is 3.57 Å². The molecular formula is C12H15IO2. The van der Waals surface area contributed by atoms with Crippen molar-refractivity contribution in [3.63, 3.8) is 0 Å². The minimum atomic E-state index is -0.174. The molecule has 1 fully saturated rings. The van der Waals surface area contributed by atoms with Gasteiger partial charge in [-0.25, -0.2) is 0 Å². The fourth-order valence-corrected chi connectivity index (χ4v) is 2.29. The second-order valence-electron chi connectivity index (χ2n) is 4.01. The van der Waals surface area contributed by atoms with E-state index in [2.05, 4.69) is 22.6 Å². The highest BCUT2D eigenvalue weighted by molar-refractivity contribution is 14.1. The van der Waals surface area contributed by atoms with E-state index in [1.54, 1.807) is 0 Å². The molecule has 0 amide bonds. The lowest BCUT2D eigenvalue weighted by Gasteiger charge is -2.26. The smallest absolute Gasteiger partial charge is 0.119 e. The van der Waals surface area contributed by atoms with Crippen LogP contribution in [0.4, 0.5) is 0 Å². The van der Waals surface area contributed by atoms with Crippen LogP contribution < -0.4 is 4.74 Å². The lowest BCUT2D eigenvalue weighted by molar-refractivity contribution is 0.0536. The van der Waals surface area contributed by atoms with Crippen molar-refractivity contribution in [3.05, 3.63) is 27.8 Å². The summed E-state index contributed by atoms with van der Waals surface area (Å²) in [5.41, 5.74) is 0. The minimum Gasteiger partial charge on any atom is -0.490 e. The Bertz CT molecular complexity index is 310. The average molecular weight is 318 g/mol. The molecule has 0 radical (unpaired) electrons. The molecule has 0 heterocycles. The Hall–Kier alpha value is -0.290. The summed E-state index contributed by atoms with van der Waals surface area (Å²) in [5.74, 6) is 0.912. The highest BCUT2D eigenvalue weighted by Crippen LogP contribution is 2.24. The van der Waals surface area contributed by atoms with E-state index in [9.17, 15) is 5.11 Å². The molecule has 0 bridgehead atoms. The predicted molar refractivity (Wildman–Crippen MR) is 68.0 cm³/mol. The lowest BCUT2D eigenvalue weighted by atomic mass is 9.95. The van der Waals surface area contributed by atoms with Crippen LogP contribution in [-0.4, -0.2) is 17.3 Å². The van der Waals surface area contributed by atoms with Gasteiger partial charge in [0, 0.05) is 9.99 Å². The van der Waals surface area contributed by atoms with E-state index in [4.69, 9.17) is 4.74 Å². The molecule has 0 saturated heterocycles. The summed E-state index contributed by atoms with van der Waals surface area (Å²) in [6, 6.07) is 8.05. The van der Waals surface area contributed by atoms with Gasteiger partial charge < -0.3 is 9.84 Å². The number of benzene rings is 1. The van der Waals surface area contributed by atoms with Crippen LogP contribution in [0.25, 0.3) is 0 Å². The minimum absolute atomic E-state index is 0.174. The Labute approximate surface area is 104 Å². The van der Waals surface area contributed by atoms with Gasteiger partial charge in [-0.05, 0) is 66.1 Å². The molecule has 1 N–H and O–H groups in total. The maximum atomic E-state index is 9.52. The summed E-state index contributed by atoms with van der Waals surface area (Å²) in [5, 5.41) is 9.52. The zero-order valence-corrected chi connectivity index (χ0v) is 10.7. The molecular weight excluding hydrogens is 303 g/mol. The van der Waals surface area contributed by atoms with Crippen molar-refractivity contribution >= 4 is 22.6 Å². The first kappa shape index (κ1) is 11.2. The van der Waals surface area contributed by atoms with Crippen LogP contribution in [0.3, 0.4) is 0 Å². The molecule has 0 aromatic heterocycles. The highest BCUT2D eigenvalue weighted by atomic mass is 127. The summed E-state index contributed by atoms with van der Waals surface area (Å²) in [7, 11) is 0. The van der Waals surface area contributed by atoms with E-state index < -0.39 is 0 Å². The largest absolute Gasteiger partial charge is 0.490 e. The van der Waals surface area contributed by atoms with Gasteiger partial charge in [0.15, 0.2) is 0 Å². The molecule has 1 aromatic carbocycles. The van der Waals surface area contributed by atoms with Gasteiger partial charge in [0.25, 0.3) is 0 Å². The molecule has 0 aliphatic heterocycles. The van der Waals surface area contributed by atoms with Crippen molar-refractivity contribution in [2.45, 2.75) is 37.9 Å². The molecule has 3 heteroatoms. The Morgan fingerprint density at radius 3 is 2.60 bits per heavy atom. The molecule has 15 heavy (non-hydrogen) atoms. The molecule has 1 aliphatic rings.